The zero-order chi connectivity index (χ0) is 19.8. The van der Waals surface area contributed by atoms with Crippen LogP contribution < -0.4 is 5.43 Å². The number of para-hydroxylation sites is 1. The maximum atomic E-state index is 13.2. The van der Waals surface area contributed by atoms with E-state index in [1.54, 1.807) is 47.6 Å². The molecule has 3 aromatic rings. The van der Waals surface area contributed by atoms with Gasteiger partial charge in [0, 0.05) is 26.2 Å². The number of rotatable bonds is 5. The number of fused-ring (bicyclic) bond motifs is 2. The van der Waals surface area contributed by atoms with Crippen molar-refractivity contribution in [3.63, 3.8) is 0 Å². The molecule has 1 atom stereocenters. The van der Waals surface area contributed by atoms with Gasteiger partial charge in [0.1, 0.15) is 17.4 Å². The SMILES string of the molecule is O=C1c2oc3ccccc3c(=O)c2[C@H](c2ccco2)N1CCCN1CCOCC1. The van der Waals surface area contributed by atoms with Crippen molar-refractivity contribution in [3.05, 3.63) is 70.0 Å². The molecule has 0 unspecified atom stereocenters. The molecule has 0 aliphatic carbocycles. The predicted octanol–water partition coefficient (Wildman–Crippen LogP) is 2.65. The van der Waals surface area contributed by atoms with Crippen LogP contribution in [0.5, 0.6) is 0 Å². The fraction of sp³-hybridized carbons (Fsp3) is 0.364. The standard InChI is InChI=1S/C22H22N2O5/c25-20-15-5-1-2-6-16(15)29-21-18(20)19(17-7-3-12-28-17)24(22(21)26)9-4-8-23-10-13-27-14-11-23/h1-3,5-7,12,19H,4,8-11,13-14H2/t19-/m0/s1. The normalized spacial score (nSPS) is 19.8. The molecule has 0 spiro atoms. The van der Waals surface area contributed by atoms with E-state index in [-0.39, 0.29) is 17.1 Å². The van der Waals surface area contributed by atoms with Crippen molar-refractivity contribution in [2.24, 2.45) is 0 Å². The van der Waals surface area contributed by atoms with Gasteiger partial charge in [0.2, 0.25) is 5.76 Å². The zero-order valence-electron chi connectivity index (χ0n) is 16.0. The summed E-state index contributed by atoms with van der Waals surface area (Å²) in [6.07, 6.45) is 2.36. The first-order valence-electron chi connectivity index (χ1n) is 9.94. The highest BCUT2D eigenvalue weighted by atomic mass is 16.5. The molecule has 5 rings (SSSR count). The molecule has 0 saturated carbocycles. The van der Waals surface area contributed by atoms with Gasteiger partial charge in [0.15, 0.2) is 5.43 Å². The summed E-state index contributed by atoms with van der Waals surface area (Å²) in [6, 6.07) is 10.0. The lowest BCUT2D eigenvalue weighted by atomic mass is 10.0. The van der Waals surface area contributed by atoms with Crippen LogP contribution in [0.2, 0.25) is 0 Å². The Hall–Kier alpha value is -2.90. The summed E-state index contributed by atoms with van der Waals surface area (Å²) in [5, 5.41) is 0.478. The Morgan fingerprint density at radius 2 is 1.83 bits per heavy atom. The van der Waals surface area contributed by atoms with Gasteiger partial charge in [0.25, 0.3) is 5.91 Å². The molecule has 1 aromatic carbocycles. The highest BCUT2D eigenvalue weighted by Gasteiger charge is 2.43. The fourth-order valence-electron chi connectivity index (χ4n) is 4.23. The van der Waals surface area contributed by atoms with Crippen LogP contribution in [0.3, 0.4) is 0 Å². The van der Waals surface area contributed by atoms with Crippen LogP contribution >= 0.6 is 0 Å². The fourth-order valence-corrected chi connectivity index (χ4v) is 4.23. The van der Waals surface area contributed by atoms with Crippen LogP contribution in [0.1, 0.15) is 34.3 Å². The molecule has 7 nitrogen and oxygen atoms in total. The number of hydrogen-bond acceptors (Lipinski definition) is 6. The van der Waals surface area contributed by atoms with Crippen molar-refractivity contribution in [3.8, 4) is 0 Å². The Bertz CT molecular complexity index is 1080. The van der Waals surface area contributed by atoms with E-state index in [4.69, 9.17) is 13.6 Å². The van der Waals surface area contributed by atoms with Gasteiger partial charge in [-0.3, -0.25) is 14.5 Å². The molecule has 2 aliphatic rings. The lowest BCUT2D eigenvalue weighted by Crippen LogP contribution is -2.38. The quantitative estimate of drug-likeness (QED) is 0.662. The van der Waals surface area contributed by atoms with E-state index in [1.807, 2.05) is 0 Å². The molecule has 4 heterocycles. The van der Waals surface area contributed by atoms with E-state index in [0.29, 0.717) is 28.8 Å². The largest absolute Gasteiger partial charge is 0.467 e. The molecule has 150 valence electrons. The van der Waals surface area contributed by atoms with Gasteiger partial charge in [-0.25, -0.2) is 0 Å². The first-order valence-corrected chi connectivity index (χ1v) is 9.94. The van der Waals surface area contributed by atoms with Crippen LogP contribution in [0.15, 0.2) is 56.3 Å². The van der Waals surface area contributed by atoms with E-state index in [1.165, 1.54) is 0 Å². The van der Waals surface area contributed by atoms with E-state index in [2.05, 4.69) is 4.90 Å². The molecule has 0 radical (unpaired) electrons. The third kappa shape index (κ3) is 3.16. The summed E-state index contributed by atoms with van der Waals surface area (Å²) >= 11 is 0. The van der Waals surface area contributed by atoms with Crippen molar-refractivity contribution >= 4 is 16.9 Å². The number of hydrogen-bond donors (Lipinski definition) is 0. The van der Waals surface area contributed by atoms with Crippen LogP contribution in [-0.2, 0) is 4.74 Å². The minimum atomic E-state index is -0.557. The molecule has 7 heteroatoms. The average molecular weight is 394 g/mol. The van der Waals surface area contributed by atoms with Gasteiger partial charge >= 0.3 is 0 Å². The Morgan fingerprint density at radius 1 is 1.00 bits per heavy atom. The van der Waals surface area contributed by atoms with Crippen LogP contribution in [-0.4, -0.2) is 55.1 Å². The van der Waals surface area contributed by atoms with Crippen molar-refractivity contribution in [2.45, 2.75) is 12.5 Å². The second-order valence-electron chi connectivity index (χ2n) is 7.39. The third-order valence-electron chi connectivity index (χ3n) is 5.66. The van der Waals surface area contributed by atoms with Crippen LogP contribution in [0.25, 0.3) is 11.0 Å². The smallest absolute Gasteiger partial charge is 0.291 e. The highest BCUT2D eigenvalue weighted by Crippen LogP contribution is 2.38. The molecule has 1 saturated heterocycles. The zero-order valence-corrected chi connectivity index (χ0v) is 16.0. The van der Waals surface area contributed by atoms with Gasteiger partial charge in [-0.15, -0.1) is 0 Å². The number of furan rings is 1. The monoisotopic (exact) mass is 394 g/mol. The number of nitrogens with zero attached hydrogens (tertiary/aromatic N) is 2. The van der Waals surface area contributed by atoms with E-state index in [0.717, 1.165) is 39.3 Å². The minimum Gasteiger partial charge on any atom is -0.467 e. The predicted molar refractivity (Wildman–Crippen MR) is 106 cm³/mol. The second-order valence-corrected chi connectivity index (χ2v) is 7.39. The Kier molecular flexibility index (Phi) is 4.69. The third-order valence-corrected chi connectivity index (χ3v) is 5.66. The Morgan fingerprint density at radius 3 is 2.62 bits per heavy atom. The summed E-state index contributed by atoms with van der Waals surface area (Å²) in [6.45, 7) is 4.68. The van der Waals surface area contributed by atoms with Crippen LogP contribution in [0, 0.1) is 0 Å². The molecule has 0 N–H and O–H groups in total. The summed E-state index contributed by atoms with van der Waals surface area (Å²) < 4.78 is 16.9. The summed E-state index contributed by atoms with van der Waals surface area (Å²) in [4.78, 5) is 30.5. The lowest BCUT2D eigenvalue weighted by molar-refractivity contribution is 0.0352. The molecule has 1 fully saturated rings. The number of amides is 1. The summed E-state index contributed by atoms with van der Waals surface area (Å²) in [5.74, 6) is 0.443. The van der Waals surface area contributed by atoms with E-state index < -0.39 is 6.04 Å². The van der Waals surface area contributed by atoms with Crippen molar-refractivity contribution in [1.82, 2.24) is 9.80 Å². The Labute approximate surface area is 167 Å². The van der Waals surface area contributed by atoms with Gasteiger partial charge in [0.05, 0.1) is 30.4 Å². The maximum absolute atomic E-state index is 13.2. The number of morpholine rings is 1. The van der Waals surface area contributed by atoms with Crippen LogP contribution in [0.4, 0.5) is 0 Å². The topological polar surface area (TPSA) is 76.1 Å². The number of ether oxygens (including phenoxy) is 1. The van der Waals surface area contributed by atoms with Crippen molar-refractivity contribution < 1.29 is 18.4 Å². The minimum absolute atomic E-state index is 0.126. The number of carbonyl (C=O) groups is 1. The van der Waals surface area contributed by atoms with Crippen molar-refractivity contribution in [1.29, 1.82) is 0 Å². The molecule has 2 aromatic heterocycles. The second kappa shape index (κ2) is 7.50. The maximum Gasteiger partial charge on any atom is 0.291 e. The van der Waals surface area contributed by atoms with Crippen molar-refractivity contribution in [2.75, 3.05) is 39.4 Å². The first-order chi connectivity index (χ1) is 14.2. The van der Waals surface area contributed by atoms with Gasteiger partial charge < -0.3 is 18.5 Å². The number of carbonyl (C=O) groups excluding carboxylic acids is 1. The molecule has 2 aliphatic heterocycles. The van der Waals surface area contributed by atoms with E-state index >= 15 is 0 Å². The highest BCUT2D eigenvalue weighted by molar-refractivity contribution is 5.98. The molecular formula is C22H22N2O5. The molecule has 0 bridgehead atoms. The lowest BCUT2D eigenvalue weighted by Gasteiger charge is -2.28. The molecule has 1 amide bonds. The van der Waals surface area contributed by atoms with E-state index in [9.17, 15) is 9.59 Å². The number of benzene rings is 1. The summed E-state index contributed by atoms with van der Waals surface area (Å²) in [5.41, 5.74) is 0.625. The molecular weight excluding hydrogens is 372 g/mol. The summed E-state index contributed by atoms with van der Waals surface area (Å²) in [7, 11) is 0. The average Bonchev–Trinajstić information content (AvgIpc) is 3.37. The van der Waals surface area contributed by atoms with Gasteiger partial charge in [-0.1, -0.05) is 12.1 Å². The van der Waals surface area contributed by atoms with Gasteiger partial charge in [-0.05, 0) is 30.7 Å². The first kappa shape index (κ1) is 18.1. The van der Waals surface area contributed by atoms with Gasteiger partial charge in [-0.2, -0.15) is 0 Å². The molecule has 29 heavy (non-hydrogen) atoms. The Balaban J connectivity index is 1.49.